The Morgan fingerprint density at radius 1 is 1.03 bits per heavy atom. The van der Waals surface area contributed by atoms with Crippen LogP contribution in [0.15, 0.2) is 76.1 Å². The van der Waals surface area contributed by atoms with E-state index in [1.165, 1.54) is 6.26 Å². The van der Waals surface area contributed by atoms with Crippen molar-refractivity contribution in [3.05, 3.63) is 93.3 Å². The maximum absolute atomic E-state index is 13.3. The highest BCUT2D eigenvalue weighted by Crippen LogP contribution is 2.34. The second-order valence-corrected chi connectivity index (χ2v) is 8.17. The van der Waals surface area contributed by atoms with Crippen molar-refractivity contribution >= 4 is 22.6 Å². The maximum atomic E-state index is 13.3. The highest BCUT2D eigenvalue weighted by atomic mass is 35.5. The molecule has 4 aromatic rings. The number of nitrogens with zero attached hydrogens (tertiary/aromatic N) is 1. The summed E-state index contributed by atoms with van der Waals surface area (Å²) in [5.74, 6) is 1.38. The number of halogens is 1. The zero-order valence-corrected chi connectivity index (χ0v) is 18.4. The highest BCUT2D eigenvalue weighted by Gasteiger charge is 2.23. The van der Waals surface area contributed by atoms with Crippen molar-refractivity contribution in [2.24, 2.45) is 0 Å². The minimum absolute atomic E-state index is 0.0910. The van der Waals surface area contributed by atoms with Gasteiger partial charge in [-0.2, -0.15) is 0 Å². The Balaban J connectivity index is 1.47. The Kier molecular flexibility index (Phi) is 5.60. The van der Waals surface area contributed by atoms with E-state index in [2.05, 4.69) is 4.90 Å². The number of methoxy groups -OCH3 is 1. The molecule has 5 rings (SSSR count). The molecule has 0 radical (unpaired) electrons. The maximum Gasteiger partial charge on any atom is 0.200 e. The van der Waals surface area contributed by atoms with Gasteiger partial charge >= 0.3 is 0 Å². The van der Waals surface area contributed by atoms with Crippen LogP contribution in [0.4, 0.5) is 0 Å². The first-order valence-electron chi connectivity index (χ1n) is 10.4. The van der Waals surface area contributed by atoms with E-state index in [-0.39, 0.29) is 5.43 Å². The first-order valence-corrected chi connectivity index (χ1v) is 10.8. The van der Waals surface area contributed by atoms with Gasteiger partial charge in [0.15, 0.2) is 0 Å². The van der Waals surface area contributed by atoms with Gasteiger partial charge in [-0.05, 0) is 36.2 Å². The van der Waals surface area contributed by atoms with Crippen LogP contribution in [0, 0.1) is 0 Å². The van der Waals surface area contributed by atoms with Crippen molar-refractivity contribution in [1.82, 2.24) is 4.90 Å². The van der Waals surface area contributed by atoms with E-state index >= 15 is 0 Å². The van der Waals surface area contributed by atoms with Crippen molar-refractivity contribution in [3.8, 4) is 22.6 Å². The molecular formula is C26H22ClNO4. The third-order valence-electron chi connectivity index (χ3n) is 5.84. The molecule has 0 saturated heterocycles. The molecule has 1 aromatic heterocycles. The van der Waals surface area contributed by atoms with Crippen LogP contribution in [0.2, 0.25) is 5.02 Å². The fraction of sp³-hybridized carbons (Fsp3) is 0.192. The van der Waals surface area contributed by atoms with Crippen molar-refractivity contribution in [2.75, 3.05) is 20.4 Å². The molecule has 0 fully saturated rings. The first kappa shape index (κ1) is 20.6. The molecule has 1 aliphatic rings. The molecule has 0 bridgehead atoms. The molecule has 0 amide bonds. The second-order valence-electron chi connectivity index (χ2n) is 7.77. The summed E-state index contributed by atoms with van der Waals surface area (Å²) in [6, 6.07) is 18.9. The number of hydrogen-bond donors (Lipinski definition) is 0. The Bertz CT molecular complexity index is 1350. The molecule has 0 saturated carbocycles. The van der Waals surface area contributed by atoms with Gasteiger partial charge in [0.05, 0.1) is 23.6 Å². The summed E-state index contributed by atoms with van der Waals surface area (Å²) >= 11 is 6.30. The van der Waals surface area contributed by atoms with E-state index in [0.717, 1.165) is 34.9 Å². The van der Waals surface area contributed by atoms with Gasteiger partial charge in [0, 0.05) is 23.7 Å². The van der Waals surface area contributed by atoms with Gasteiger partial charge in [0.2, 0.25) is 5.43 Å². The van der Waals surface area contributed by atoms with Crippen molar-refractivity contribution < 1.29 is 13.9 Å². The zero-order valence-electron chi connectivity index (χ0n) is 17.6. The summed E-state index contributed by atoms with van der Waals surface area (Å²) in [6.07, 6.45) is 2.33. The van der Waals surface area contributed by atoms with E-state index < -0.39 is 0 Å². The van der Waals surface area contributed by atoms with Crippen LogP contribution in [-0.2, 0) is 13.0 Å². The molecule has 2 heterocycles. The average molecular weight is 448 g/mol. The van der Waals surface area contributed by atoms with Gasteiger partial charge in [0.1, 0.15) is 30.1 Å². The predicted octanol–water partition coefficient (Wildman–Crippen LogP) is 5.52. The lowest BCUT2D eigenvalue weighted by atomic mass is 10.0. The van der Waals surface area contributed by atoms with Crippen LogP contribution < -0.4 is 14.9 Å². The van der Waals surface area contributed by atoms with Crippen molar-refractivity contribution in [1.29, 1.82) is 0 Å². The molecule has 0 atom stereocenters. The molecule has 5 nitrogen and oxygen atoms in total. The largest absolute Gasteiger partial charge is 0.496 e. The van der Waals surface area contributed by atoms with E-state index in [0.29, 0.717) is 41.1 Å². The molecule has 1 aliphatic heterocycles. The fourth-order valence-electron chi connectivity index (χ4n) is 4.13. The van der Waals surface area contributed by atoms with Crippen LogP contribution in [0.1, 0.15) is 11.1 Å². The van der Waals surface area contributed by atoms with Crippen LogP contribution in [0.25, 0.3) is 22.1 Å². The van der Waals surface area contributed by atoms with Crippen LogP contribution in [0.5, 0.6) is 11.5 Å². The molecule has 3 aromatic carbocycles. The van der Waals surface area contributed by atoms with E-state index in [1.54, 1.807) is 13.2 Å². The molecule has 6 heteroatoms. The number of fused-ring (bicyclic) bond motifs is 3. The summed E-state index contributed by atoms with van der Waals surface area (Å²) < 4.78 is 17.4. The topological polar surface area (TPSA) is 51.9 Å². The molecule has 32 heavy (non-hydrogen) atoms. The predicted molar refractivity (Wildman–Crippen MR) is 126 cm³/mol. The smallest absolute Gasteiger partial charge is 0.200 e. The minimum atomic E-state index is -0.0910. The monoisotopic (exact) mass is 447 g/mol. The molecule has 162 valence electrons. The van der Waals surface area contributed by atoms with Gasteiger partial charge < -0.3 is 13.9 Å². The fourth-order valence-corrected chi connectivity index (χ4v) is 4.36. The first-order chi connectivity index (χ1) is 15.7. The summed E-state index contributed by atoms with van der Waals surface area (Å²) in [7, 11) is 1.59. The average Bonchev–Trinajstić information content (AvgIpc) is 2.83. The second kappa shape index (κ2) is 8.69. The van der Waals surface area contributed by atoms with Gasteiger partial charge in [-0.3, -0.25) is 9.69 Å². The van der Waals surface area contributed by atoms with Gasteiger partial charge in [-0.1, -0.05) is 48.0 Å². The normalized spacial score (nSPS) is 13.6. The van der Waals surface area contributed by atoms with Gasteiger partial charge in [-0.15, -0.1) is 0 Å². The van der Waals surface area contributed by atoms with E-state index in [4.69, 9.17) is 25.5 Å². The molecule has 0 aliphatic carbocycles. The minimum Gasteiger partial charge on any atom is -0.496 e. The van der Waals surface area contributed by atoms with Gasteiger partial charge in [0.25, 0.3) is 0 Å². The summed E-state index contributed by atoms with van der Waals surface area (Å²) in [5.41, 5.74) is 3.64. The number of hydrogen-bond acceptors (Lipinski definition) is 5. The molecular weight excluding hydrogens is 426 g/mol. The van der Waals surface area contributed by atoms with Crippen molar-refractivity contribution in [2.45, 2.75) is 13.0 Å². The summed E-state index contributed by atoms with van der Waals surface area (Å²) in [6.45, 7) is 1.89. The number of para-hydroxylation sites is 1. The molecule has 0 unspecified atom stereocenters. The zero-order chi connectivity index (χ0) is 22.1. The Labute approximate surface area is 190 Å². The quantitative estimate of drug-likeness (QED) is 0.403. The summed E-state index contributed by atoms with van der Waals surface area (Å²) in [5, 5.41) is 1.30. The summed E-state index contributed by atoms with van der Waals surface area (Å²) in [4.78, 5) is 15.5. The highest BCUT2D eigenvalue weighted by molar-refractivity contribution is 6.31. The lowest BCUT2D eigenvalue weighted by molar-refractivity contribution is 0.0968. The van der Waals surface area contributed by atoms with Crippen LogP contribution >= 0.6 is 11.6 Å². The lowest BCUT2D eigenvalue weighted by Gasteiger charge is -2.29. The Hall–Kier alpha value is -3.28. The van der Waals surface area contributed by atoms with Crippen molar-refractivity contribution in [3.63, 3.8) is 0 Å². The number of benzene rings is 3. The van der Waals surface area contributed by atoms with E-state index in [1.807, 2.05) is 54.6 Å². The molecule has 0 spiro atoms. The van der Waals surface area contributed by atoms with E-state index in [9.17, 15) is 4.79 Å². The van der Waals surface area contributed by atoms with Crippen LogP contribution in [-0.4, -0.2) is 25.3 Å². The third-order valence-corrected chi connectivity index (χ3v) is 6.21. The number of ether oxygens (including phenoxy) is 2. The van der Waals surface area contributed by atoms with Gasteiger partial charge in [-0.25, -0.2) is 0 Å². The Morgan fingerprint density at radius 3 is 2.69 bits per heavy atom. The molecule has 0 N–H and O–H groups in total. The van der Waals surface area contributed by atoms with Crippen LogP contribution in [0.3, 0.4) is 0 Å². The number of rotatable bonds is 5. The Morgan fingerprint density at radius 2 is 1.84 bits per heavy atom. The third kappa shape index (κ3) is 3.74. The SMILES string of the molecule is COc1ccccc1-c1coc2c3c(ccc2c1=O)OCN(CCc1ccccc1Cl)C3. The standard InChI is InChI=1S/C26H22ClNO4/c1-30-23-9-5-3-7-18(23)21-15-31-26-19(25(21)29)10-11-24-20(26)14-28(16-32-24)13-12-17-6-2-4-8-22(17)27/h2-11,15H,12-14,16H2,1H3. The lowest BCUT2D eigenvalue weighted by Crippen LogP contribution is -2.33.